The molecule has 10 fully saturated rings. The SMILES string of the molecule is C.COc1cc(OC2C(C)(C)C(NC(=O)c3ccc(N4CCC5(CC4)CN(C4CC(Oc6ccc(C(=O)C[C@H]7CCC(=O)NC7=O)c(OC)c6)C4)CCO5)cc3)C2(C)C)ccc1C#N.COc1cc(OC2C(C)(C)C(NC(=O)c3ccc(N4CCC5(CC4)CN(C4CC(Oc6ccc(C(=O)O)c(OC)c6)C4)CCO5)cc3)C2(C)C)ccc1C#N.N[C@H]1CCC(=O)CC1=O. The number of ether oxygens (including phenoxy) is 10. The second-order valence-electron chi connectivity index (χ2n) is 38.0. The second-order valence-corrected chi connectivity index (χ2v) is 38.0. The first-order chi connectivity index (χ1) is 60.6. The van der Waals surface area contributed by atoms with Gasteiger partial charge in [-0.1, -0.05) is 62.8 Å². The van der Waals surface area contributed by atoms with E-state index in [9.17, 15) is 54.0 Å². The number of imide groups is 1. The van der Waals surface area contributed by atoms with Crippen LogP contribution < -0.4 is 69.4 Å². The predicted molar refractivity (Wildman–Crippen MR) is 479 cm³/mol. The number of hydrogen-bond donors (Lipinski definition) is 5. The molecule has 29 nitrogen and oxygen atoms in total. The first kappa shape index (κ1) is 94.3. The monoisotopic (exact) mass is 1760 g/mol. The molecular formula is C99H124N10O19. The van der Waals surface area contributed by atoms with Crippen molar-refractivity contribution >= 4 is 58.3 Å². The number of amides is 4. The highest BCUT2D eigenvalue weighted by Crippen LogP contribution is 2.58. The molecule has 29 heteroatoms. The minimum Gasteiger partial charge on any atom is -0.496 e. The third-order valence-corrected chi connectivity index (χ3v) is 28.2. The van der Waals surface area contributed by atoms with Gasteiger partial charge in [-0.3, -0.25) is 48.7 Å². The van der Waals surface area contributed by atoms with Crippen LogP contribution in [0.4, 0.5) is 11.4 Å². The van der Waals surface area contributed by atoms with E-state index in [4.69, 9.17) is 53.1 Å². The molecule has 128 heavy (non-hydrogen) atoms. The van der Waals surface area contributed by atoms with Crippen LogP contribution in [0, 0.1) is 50.2 Å². The van der Waals surface area contributed by atoms with Crippen LogP contribution in [0.2, 0.25) is 0 Å². The normalized spacial score (nSPS) is 25.6. The molecule has 10 aliphatic rings. The van der Waals surface area contributed by atoms with Crippen LogP contribution in [0.25, 0.3) is 0 Å². The number of nitrogens with one attached hydrogen (secondary N) is 3. The number of nitrogens with zero attached hydrogens (tertiary/aromatic N) is 6. The summed E-state index contributed by atoms with van der Waals surface area (Å²) >= 11 is 0. The molecule has 2 spiro atoms. The van der Waals surface area contributed by atoms with E-state index >= 15 is 0 Å². The zero-order valence-electron chi connectivity index (χ0n) is 74.8. The quantitative estimate of drug-likeness (QED) is 0.0213. The minimum atomic E-state index is -1.03. The number of carbonyl (C=O) groups is 8. The smallest absolute Gasteiger partial charge is 0.339 e. The largest absolute Gasteiger partial charge is 0.496 e. The maximum absolute atomic E-state index is 13.6. The molecule has 16 rings (SSSR count). The third-order valence-electron chi connectivity index (χ3n) is 28.2. The summed E-state index contributed by atoms with van der Waals surface area (Å²) in [6.45, 7) is 25.3. The number of hydrogen-bond acceptors (Lipinski definition) is 25. The highest BCUT2D eigenvalue weighted by molar-refractivity contribution is 6.05. The number of morpholine rings is 2. The molecule has 2 atom stereocenters. The maximum atomic E-state index is 13.6. The lowest BCUT2D eigenvalue weighted by molar-refractivity contribution is -0.164. The van der Waals surface area contributed by atoms with E-state index in [2.05, 4.69) is 103 Å². The summed E-state index contributed by atoms with van der Waals surface area (Å²) in [5, 5.41) is 37.0. The van der Waals surface area contributed by atoms with Gasteiger partial charge in [0.2, 0.25) is 11.8 Å². The molecule has 5 aliphatic heterocycles. The van der Waals surface area contributed by atoms with Gasteiger partial charge in [-0.15, -0.1) is 0 Å². The van der Waals surface area contributed by atoms with Crippen LogP contribution >= 0.6 is 0 Å². The molecule has 5 saturated heterocycles. The summed E-state index contributed by atoms with van der Waals surface area (Å²) in [4.78, 5) is 107. The fourth-order valence-corrected chi connectivity index (χ4v) is 21.2. The van der Waals surface area contributed by atoms with Gasteiger partial charge in [0.25, 0.3) is 11.8 Å². The zero-order chi connectivity index (χ0) is 90.7. The number of carboxylic acids is 1. The number of ketones is 3. The third kappa shape index (κ3) is 20.2. The highest BCUT2D eigenvalue weighted by atomic mass is 16.5. The van der Waals surface area contributed by atoms with Crippen molar-refractivity contribution in [3.8, 4) is 58.1 Å². The van der Waals surface area contributed by atoms with Crippen molar-refractivity contribution in [3.63, 3.8) is 0 Å². The van der Waals surface area contributed by atoms with Crippen LogP contribution in [-0.2, 0) is 28.7 Å². The van der Waals surface area contributed by atoms with Gasteiger partial charge in [0.15, 0.2) is 11.6 Å². The van der Waals surface area contributed by atoms with E-state index in [0.29, 0.717) is 118 Å². The van der Waals surface area contributed by atoms with Crippen LogP contribution in [0.15, 0.2) is 121 Å². The summed E-state index contributed by atoms with van der Waals surface area (Å²) in [6.07, 6.45) is 8.81. The number of rotatable bonds is 24. The number of carboxylic acid groups (broad SMARTS) is 1. The van der Waals surface area contributed by atoms with E-state index in [1.54, 1.807) is 66.7 Å². The van der Waals surface area contributed by atoms with Crippen molar-refractivity contribution in [1.82, 2.24) is 25.8 Å². The molecule has 6 aromatic rings. The molecule has 0 aromatic heterocycles. The first-order valence-electron chi connectivity index (χ1n) is 44.3. The van der Waals surface area contributed by atoms with E-state index in [0.717, 1.165) is 115 Å². The summed E-state index contributed by atoms with van der Waals surface area (Å²) < 4.78 is 60.0. The Labute approximate surface area is 750 Å². The molecular weight excluding hydrogens is 1630 g/mol. The Bertz CT molecular complexity index is 5130. The molecule has 5 aliphatic carbocycles. The first-order valence-corrected chi connectivity index (χ1v) is 44.3. The van der Waals surface area contributed by atoms with Crippen LogP contribution in [-0.4, -0.2) is 222 Å². The lowest BCUT2D eigenvalue weighted by Gasteiger charge is -2.63. The Balaban J connectivity index is 0.000000199. The second kappa shape index (κ2) is 38.9. The van der Waals surface area contributed by atoms with Gasteiger partial charge < -0.3 is 78.6 Å². The Kier molecular flexibility index (Phi) is 28.7. The van der Waals surface area contributed by atoms with Crippen molar-refractivity contribution in [2.24, 2.45) is 33.3 Å². The number of aromatic carboxylic acids is 1. The van der Waals surface area contributed by atoms with Crippen LogP contribution in [0.3, 0.4) is 0 Å². The number of nitriles is 2. The maximum Gasteiger partial charge on any atom is 0.339 e. The summed E-state index contributed by atoms with van der Waals surface area (Å²) in [5.74, 6) is 1.40. The molecule has 5 heterocycles. The predicted octanol–water partition coefficient (Wildman–Crippen LogP) is 12.5. The Morgan fingerprint density at radius 2 is 0.906 bits per heavy atom. The standard InChI is InChI=1S/C49H59N5O9.C43H52N4O8.C6H9NO2.CH4/c1-47(2)45(48(3,4)46(47)63-36-13-9-32(28-50)40(26-36)59-5)52-43(57)30-7-11-33(12-8-30)53-19-17-49(18-20-53)29-54(21-22-61-49)34-24-37(25-34)62-35-14-15-38(41(27-35)60-6)39(55)23-31-10-16-42(56)51-44(31)58;1-41(2)39(42(3,4)40(41)55-32-12-9-28(25-44)35(23-32)51-5)45-37(48)27-7-10-29(11-8-27)46-17-15-43(16-18-46)26-47(19-20-53-43)30-21-33(22-30)54-31-13-14-34(38(49)50)36(24-31)52-6;7-5-2-1-4(8)3-6(5)9;/h7-9,11-15,26-27,31,34,37,45-46H,10,16-25,29H2,1-6H3,(H,52,57)(H,51,56,58);7-14,23-24,30,33,39-40H,15-22,26H2,1-6H3,(H,45,48)(H,49,50);5H,1-3,7H2;1H4/t31-,34?,37?,45?,46?;;5-;/m1.0./s1. The number of piperidine rings is 3. The van der Waals surface area contributed by atoms with Gasteiger partial charge in [0, 0.05) is 196 Å². The van der Waals surface area contributed by atoms with Crippen LogP contribution in [0.1, 0.15) is 205 Å². The highest BCUT2D eigenvalue weighted by Gasteiger charge is 2.66. The molecule has 6 N–H and O–H groups in total. The number of Topliss-reactive ketones (excluding diaryl/α,β-unsaturated/α-hetero) is 3. The fraction of sp³-hybridized carbons (Fsp3) is 0.535. The van der Waals surface area contributed by atoms with Crippen molar-refractivity contribution in [1.29, 1.82) is 10.5 Å². The molecule has 684 valence electrons. The number of nitrogens with two attached hydrogens (primary N) is 1. The topological polar surface area (TPSA) is 372 Å². The number of methoxy groups -OCH3 is 4. The molecule has 4 amide bonds. The van der Waals surface area contributed by atoms with E-state index in [1.165, 1.54) is 34.5 Å². The van der Waals surface area contributed by atoms with Crippen molar-refractivity contribution in [2.75, 3.05) is 104 Å². The van der Waals surface area contributed by atoms with E-state index in [-0.39, 0.29) is 143 Å². The summed E-state index contributed by atoms with van der Waals surface area (Å²) in [5.41, 5.74) is 8.41. The molecule has 5 saturated carbocycles. The lowest BCUT2D eigenvalue weighted by Crippen LogP contribution is -2.74. The van der Waals surface area contributed by atoms with Gasteiger partial charge in [-0.25, -0.2) is 4.79 Å². The Morgan fingerprint density at radius 1 is 0.516 bits per heavy atom. The molecule has 0 radical (unpaired) electrons. The van der Waals surface area contributed by atoms with E-state index < -0.39 is 17.8 Å². The van der Waals surface area contributed by atoms with Crippen molar-refractivity contribution in [3.05, 3.63) is 155 Å². The van der Waals surface area contributed by atoms with Crippen molar-refractivity contribution < 1.29 is 90.8 Å². The van der Waals surface area contributed by atoms with Crippen LogP contribution in [0.5, 0.6) is 46.0 Å². The van der Waals surface area contributed by atoms with Gasteiger partial charge >= 0.3 is 5.97 Å². The fourth-order valence-electron chi connectivity index (χ4n) is 21.2. The molecule has 0 bridgehead atoms. The average molecular weight is 1760 g/mol. The van der Waals surface area contributed by atoms with Gasteiger partial charge in [0.1, 0.15) is 93.9 Å². The molecule has 6 aromatic carbocycles. The van der Waals surface area contributed by atoms with Gasteiger partial charge in [-0.05, 0) is 136 Å². The lowest BCUT2D eigenvalue weighted by atomic mass is 9.49. The Hall–Kier alpha value is -11.3. The van der Waals surface area contributed by atoms with Gasteiger partial charge in [-0.2, -0.15) is 10.5 Å². The Morgan fingerprint density at radius 3 is 1.29 bits per heavy atom. The summed E-state index contributed by atoms with van der Waals surface area (Å²) in [7, 11) is 6.05. The number of anilines is 2. The van der Waals surface area contributed by atoms with Crippen molar-refractivity contribution in [2.45, 2.75) is 219 Å². The van der Waals surface area contributed by atoms with Gasteiger partial charge in [0.05, 0.1) is 82.0 Å². The number of carbonyl (C=O) groups excluding carboxylic acids is 7. The van der Waals surface area contributed by atoms with E-state index in [1.807, 2.05) is 48.5 Å². The summed E-state index contributed by atoms with van der Waals surface area (Å²) in [6, 6.07) is 40.8. The average Bonchev–Trinajstić information content (AvgIpc) is 0.708. The minimum absolute atomic E-state index is 0. The molecule has 0 unspecified atom stereocenters. The number of benzene rings is 6. The zero-order valence-corrected chi connectivity index (χ0v) is 74.8.